The largest absolute Gasteiger partial charge is 0.378 e. The Bertz CT molecular complexity index is 726. The number of amides is 1. The lowest BCUT2D eigenvalue weighted by Crippen LogP contribution is -2.25. The van der Waals surface area contributed by atoms with Gasteiger partial charge in [-0.15, -0.1) is 11.8 Å². The minimum atomic E-state index is -1.03. The van der Waals surface area contributed by atoms with Gasteiger partial charge in [-0.2, -0.15) is 0 Å². The first-order valence-corrected chi connectivity index (χ1v) is 8.60. The quantitative estimate of drug-likeness (QED) is 0.499. The number of carbonyl (C=O) groups excluding carboxylic acids is 1. The van der Waals surface area contributed by atoms with Crippen LogP contribution in [0.25, 0.3) is 0 Å². The van der Waals surface area contributed by atoms with Crippen molar-refractivity contribution in [3.05, 3.63) is 59.8 Å². The van der Waals surface area contributed by atoms with Gasteiger partial charge in [0.25, 0.3) is 5.91 Å². The normalized spacial score (nSPS) is 10.6. The van der Waals surface area contributed by atoms with Crippen LogP contribution >= 0.6 is 11.8 Å². The Hall–Kier alpha value is -2.29. The molecule has 0 saturated carbocycles. The van der Waals surface area contributed by atoms with Gasteiger partial charge in [0.1, 0.15) is 5.60 Å². The first kappa shape index (κ1) is 18.1. The number of hydrogen-bond donors (Lipinski definition) is 2. The van der Waals surface area contributed by atoms with Gasteiger partial charge in [-0.25, -0.2) is 4.98 Å². The molecule has 2 aromatic rings. The number of aromatic nitrogens is 1. The molecule has 1 aromatic heterocycles. The third-order valence-corrected chi connectivity index (χ3v) is 3.88. The van der Waals surface area contributed by atoms with E-state index in [0.29, 0.717) is 12.1 Å². The van der Waals surface area contributed by atoms with Crippen LogP contribution in [0.15, 0.2) is 53.7 Å². The highest BCUT2D eigenvalue weighted by atomic mass is 32.2. The van der Waals surface area contributed by atoms with Crippen molar-refractivity contribution in [2.75, 3.05) is 12.3 Å². The zero-order chi connectivity index (χ0) is 17.4. The molecule has 0 bridgehead atoms. The zero-order valence-electron chi connectivity index (χ0n) is 13.7. The highest BCUT2D eigenvalue weighted by Gasteiger charge is 2.07. The molecule has 1 aromatic carbocycles. The van der Waals surface area contributed by atoms with Crippen molar-refractivity contribution >= 4 is 17.7 Å². The Morgan fingerprint density at radius 2 is 2.00 bits per heavy atom. The van der Waals surface area contributed by atoms with E-state index in [1.165, 1.54) is 0 Å². The van der Waals surface area contributed by atoms with E-state index in [0.717, 1.165) is 16.3 Å². The van der Waals surface area contributed by atoms with E-state index >= 15 is 0 Å². The van der Waals surface area contributed by atoms with E-state index in [1.54, 1.807) is 56.1 Å². The maximum Gasteiger partial charge on any atom is 0.251 e. The van der Waals surface area contributed by atoms with Crippen molar-refractivity contribution < 1.29 is 9.90 Å². The predicted molar refractivity (Wildman–Crippen MR) is 96.9 cm³/mol. The summed E-state index contributed by atoms with van der Waals surface area (Å²) in [6.45, 7) is 3.83. The molecule has 0 fully saturated rings. The van der Waals surface area contributed by atoms with Gasteiger partial charge in [0.15, 0.2) is 0 Å². The fourth-order valence-electron chi connectivity index (χ4n) is 1.78. The SMILES string of the molecule is CC(C)(O)C#Cc1ccc(C(=O)NCCSc2ccccn2)cc1. The standard InChI is InChI=1S/C19H20N2O2S/c1-19(2,23)11-10-15-6-8-16(9-7-15)18(22)21-13-14-24-17-5-3-4-12-20-17/h3-9,12,23H,13-14H2,1-2H3,(H,21,22). The van der Waals surface area contributed by atoms with Gasteiger partial charge in [-0.05, 0) is 50.2 Å². The second-order valence-corrected chi connectivity index (χ2v) is 6.77. The Morgan fingerprint density at radius 1 is 1.25 bits per heavy atom. The van der Waals surface area contributed by atoms with Crippen molar-refractivity contribution in [2.45, 2.75) is 24.5 Å². The van der Waals surface area contributed by atoms with Gasteiger partial charge >= 0.3 is 0 Å². The number of hydrogen-bond acceptors (Lipinski definition) is 4. The molecule has 5 heteroatoms. The molecule has 0 radical (unpaired) electrons. The molecular weight excluding hydrogens is 320 g/mol. The lowest BCUT2D eigenvalue weighted by molar-refractivity contribution is 0.0956. The molecule has 0 unspecified atom stereocenters. The van der Waals surface area contributed by atoms with Crippen LogP contribution in [0.5, 0.6) is 0 Å². The summed E-state index contributed by atoms with van der Waals surface area (Å²) >= 11 is 1.60. The van der Waals surface area contributed by atoms with Gasteiger partial charge in [0.05, 0.1) is 5.03 Å². The summed E-state index contributed by atoms with van der Waals surface area (Å²) in [5, 5.41) is 13.4. The fourth-order valence-corrected chi connectivity index (χ4v) is 2.51. The summed E-state index contributed by atoms with van der Waals surface area (Å²) in [7, 11) is 0. The van der Waals surface area contributed by atoms with E-state index in [9.17, 15) is 9.90 Å². The summed E-state index contributed by atoms with van der Waals surface area (Å²) in [6.07, 6.45) is 1.75. The molecule has 2 N–H and O–H groups in total. The molecule has 0 spiro atoms. The third-order valence-electron chi connectivity index (χ3n) is 2.94. The minimum Gasteiger partial charge on any atom is -0.378 e. The number of nitrogens with one attached hydrogen (secondary N) is 1. The first-order valence-electron chi connectivity index (χ1n) is 7.62. The van der Waals surface area contributed by atoms with Crippen LogP contribution in [-0.2, 0) is 0 Å². The van der Waals surface area contributed by atoms with Crippen molar-refractivity contribution in [1.82, 2.24) is 10.3 Å². The van der Waals surface area contributed by atoms with Crippen LogP contribution in [0.1, 0.15) is 29.8 Å². The molecule has 24 heavy (non-hydrogen) atoms. The summed E-state index contributed by atoms with van der Waals surface area (Å²) in [5.74, 6) is 6.27. The molecule has 4 nitrogen and oxygen atoms in total. The maximum atomic E-state index is 12.1. The number of thioether (sulfide) groups is 1. The molecule has 1 heterocycles. The fraction of sp³-hybridized carbons (Fsp3) is 0.263. The third kappa shape index (κ3) is 6.45. The first-order chi connectivity index (χ1) is 11.4. The second kappa shape index (κ2) is 8.53. The molecular formula is C19H20N2O2S. The molecule has 0 saturated heterocycles. The monoisotopic (exact) mass is 340 g/mol. The highest BCUT2D eigenvalue weighted by Crippen LogP contribution is 2.12. The van der Waals surface area contributed by atoms with Crippen molar-refractivity contribution in [3.63, 3.8) is 0 Å². The number of aliphatic hydroxyl groups is 1. The van der Waals surface area contributed by atoms with E-state index in [1.807, 2.05) is 18.2 Å². The van der Waals surface area contributed by atoms with Crippen LogP contribution in [0.4, 0.5) is 0 Å². The van der Waals surface area contributed by atoms with Crippen molar-refractivity contribution in [2.24, 2.45) is 0 Å². The minimum absolute atomic E-state index is 0.112. The highest BCUT2D eigenvalue weighted by molar-refractivity contribution is 7.99. The van der Waals surface area contributed by atoms with Crippen LogP contribution in [0.3, 0.4) is 0 Å². The summed E-state index contributed by atoms with van der Waals surface area (Å²) < 4.78 is 0. The molecule has 1 amide bonds. The van der Waals surface area contributed by atoms with Gasteiger partial charge < -0.3 is 10.4 Å². The Kier molecular flexibility index (Phi) is 6.42. The number of benzene rings is 1. The predicted octanol–water partition coefficient (Wildman–Crippen LogP) is 2.73. The summed E-state index contributed by atoms with van der Waals surface area (Å²) in [6, 6.07) is 12.8. The zero-order valence-corrected chi connectivity index (χ0v) is 14.6. The van der Waals surface area contributed by atoms with Crippen molar-refractivity contribution in [3.8, 4) is 11.8 Å². The molecule has 124 valence electrons. The number of rotatable bonds is 5. The molecule has 0 aliphatic rings. The lowest BCUT2D eigenvalue weighted by Gasteiger charge is -2.06. The lowest BCUT2D eigenvalue weighted by atomic mass is 10.1. The van der Waals surface area contributed by atoms with Crippen LogP contribution in [0, 0.1) is 11.8 Å². The molecule has 0 atom stereocenters. The van der Waals surface area contributed by atoms with E-state index in [-0.39, 0.29) is 5.91 Å². The van der Waals surface area contributed by atoms with Crippen molar-refractivity contribution in [1.29, 1.82) is 0 Å². The van der Waals surface area contributed by atoms with Crippen LogP contribution in [0.2, 0.25) is 0 Å². The van der Waals surface area contributed by atoms with E-state index in [4.69, 9.17) is 0 Å². The average molecular weight is 340 g/mol. The molecule has 0 aliphatic carbocycles. The smallest absolute Gasteiger partial charge is 0.251 e. The molecule has 0 aliphatic heterocycles. The summed E-state index contributed by atoms with van der Waals surface area (Å²) in [4.78, 5) is 16.3. The number of pyridine rings is 1. The summed E-state index contributed by atoms with van der Waals surface area (Å²) in [5.41, 5.74) is 0.326. The van der Waals surface area contributed by atoms with E-state index in [2.05, 4.69) is 22.1 Å². The van der Waals surface area contributed by atoms with Crippen LogP contribution < -0.4 is 5.32 Å². The Morgan fingerprint density at radius 3 is 2.62 bits per heavy atom. The van der Waals surface area contributed by atoms with Gasteiger partial charge in [-0.1, -0.05) is 17.9 Å². The maximum absolute atomic E-state index is 12.1. The number of carbonyl (C=O) groups is 1. The van der Waals surface area contributed by atoms with Crippen LogP contribution in [-0.4, -0.2) is 33.9 Å². The van der Waals surface area contributed by atoms with Gasteiger partial charge in [-0.3, -0.25) is 4.79 Å². The average Bonchev–Trinajstić information content (AvgIpc) is 2.57. The number of nitrogens with zero attached hydrogens (tertiary/aromatic N) is 1. The Balaban J connectivity index is 1.81. The second-order valence-electron chi connectivity index (χ2n) is 5.66. The Labute approximate surface area is 146 Å². The van der Waals surface area contributed by atoms with Gasteiger partial charge in [0, 0.05) is 29.6 Å². The van der Waals surface area contributed by atoms with Gasteiger partial charge in [0.2, 0.25) is 0 Å². The topological polar surface area (TPSA) is 62.2 Å². The molecule has 2 rings (SSSR count). The van der Waals surface area contributed by atoms with E-state index < -0.39 is 5.60 Å².